The first-order chi connectivity index (χ1) is 11.8. The van der Waals surface area contributed by atoms with Gasteiger partial charge in [-0.1, -0.05) is 36.4 Å². The Morgan fingerprint density at radius 2 is 1.83 bits per heavy atom. The maximum Gasteiger partial charge on any atom is 0.223 e. The summed E-state index contributed by atoms with van der Waals surface area (Å²) >= 11 is 0. The minimum Gasteiger partial charge on any atom is -0.493 e. The number of fused-ring (bicyclic) bond motifs is 3. The van der Waals surface area contributed by atoms with Crippen LogP contribution in [0, 0.1) is 5.92 Å². The van der Waals surface area contributed by atoms with Crippen LogP contribution in [0.1, 0.15) is 37.3 Å². The maximum atomic E-state index is 12.6. The minimum atomic E-state index is 0.0300. The Hall–Kier alpha value is -2.07. The second-order valence-electron chi connectivity index (χ2n) is 6.64. The molecule has 0 saturated carbocycles. The minimum absolute atomic E-state index is 0.0300. The van der Waals surface area contributed by atoms with Gasteiger partial charge in [-0.25, -0.2) is 0 Å². The van der Waals surface area contributed by atoms with Gasteiger partial charge in [0, 0.05) is 30.1 Å². The number of carbonyl (C=O) groups excluding carboxylic acids is 1. The first kappa shape index (κ1) is 15.5. The summed E-state index contributed by atoms with van der Waals surface area (Å²) in [7, 11) is 0. The van der Waals surface area contributed by atoms with Crippen LogP contribution in [0.2, 0.25) is 0 Å². The molecule has 126 valence electrons. The van der Waals surface area contributed by atoms with Crippen molar-refractivity contribution in [3.8, 4) is 5.75 Å². The highest BCUT2D eigenvalue weighted by Crippen LogP contribution is 2.37. The Morgan fingerprint density at radius 3 is 2.71 bits per heavy atom. The monoisotopic (exact) mass is 325 g/mol. The highest BCUT2D eigenvalue weighted by Gasteiger charge is 2.27. The summed E-state index contributed by atoms with van der Waals surface area (Å²) in [6.07, 6.45) is 3.50. The van der Waals surface area contributed by atoms with E-state index in [1.807, 2.05) is 12.1 Å². The molecule has 0 unspecified atom stereocenters. The van der Waals surface area contributed by atoms with Gasteiger partial charge in [-0.15, -0.1) is 0 Å². The third-order valence-corrected chi connectivity index (χ3v) is 5.08. The topological polar surface area (TPSA) is 47.6 Å². The molecule has 4 rings (SSSR count). The number of rotatable bonds is 2. The number of nitrogens with one attached hydrogen (secondary N) is 1. The quantitative estimate of drug-likeness (QED) is 0.918. The molecule has 0 aromatic heterocycles. The zero-order valence-electron chi connectivity index (χ0n) is 13.8. The van der Waals surface area contributed by atoms with Gasteiger partial charge in [-0.05, 0) is 31.1 Å². The fourth-order valence-corrected chi connectivity index (χ4v) is 3.71. The summed E-state index contributed by atoms with van der Waals surface area (Å²) in [5, 5.41) is 5.58. The van der Waals surface area contributed by atoms with E-state index < -0.39 is 0 Å². The molecule has 2 heterocycles. The zero-order valence-corrected chi connectivity index (χ0v) is 13.8. The molecular weight excluding hydrogens is 302 g/mol. The molecule has 2 aliphatic heterocycles. The second kappa shape index (κ2) is 6.81. The van der Waals surface area contributed by atoms with E-state index in [1.54, 1.807) is 0 Å². The van der Waals surface area contributed by atoms with Crippen molar-refractivity contribution >= 4 is 16.7 Å². The van der Waals surface area contributed by atoms with Crippen molar-refractivity contribution in [1.29, 1.82) is 0 Å². The Balaban J connectivity index is 1.63. The van der Waals surface area contributed by atoms with Crippen molar-refractivity contribution in [2.75, 3.05) is 19.8 Å². The van der Waals surface area contributed by atoms with Crippen LogP contribution >= 0.6 is 0 Å². The summed E-state index contributed by atoms with van der Waals surface area (Å²) in [5.74, 6) is 1.17. The summed E-state index contributed by atoms with van der Waals surface area (Å²) in [4.78, 5) is 12.6. The smallest absolute Gasteiger partial charge is 0.223 e. The highest BCUT2D eigenvalue weighted by atomic mass is 16.5. The van der Waals surface area contributed by atoms with Crippen LogP contribution in [-0.2, 0) is 9.53 Å². The number of hydrogen-bond acceptors (Lipinski definition) is 3. The molecule has 0 bridgehead atoms. The summed E-state index contributed by atoms with van der Waals surface area (Å²) in [6.45, 7) is 2.07. The molecule has 1 atom stereocenters. The Labute approximate surface area is 142 Å². The van der Waals surface area contributed by atoms with E-state index in [9.17, 15) is 4.79 Å². The van der Waals surface area contributed by atoms with Crippen molar-refractivity contribution in [1.82, 2.24) is 5.32 Å². The maximum absolute atomic E-state index is 12.6. The molecule has 1 amide bonds. The zero-order chi connectivity index (χ0) is 16.4. The lowest BCUT2D eigenvalue weighted by Gasteiger charge is -2.25. The van der Waals surface area contributed by atoms with Crippen molar-refractivity contribution < 1.29 is 14.3 Å². The van der Waals surface area contributed by atoms with Crippen LogP contribution in [0.5, 0.6) is 5.75 Å². The van der Waals surface area contributed by atoms with Crippen molar-refractivity contribution in [3.63, 3.8) is 0 Å². The van der Waals surface area contributed by atoms with Crippen LogP contribution in [0.25, 0.3) is 10.8 Å². The molecular formula is C20H23NO3. The molecule has 0 radical (unpaired) electrons. The number of amides is 1. The average molecular weight is 325 g/mol. The lowest BCUT2D eigenvalue weighted by Crippen LogP contribution is -2.36. The van der Waals surface area contributed by atoms with Crippen LogP contribution in [0.3, 0.4) is 0 Å². The fourth-order valence-electron chi connectivity index (χ4n) is 3.71. The standard InChI is InChI=1S/C20H23NO3/c22-20(15-9-12-23-13-10-15)21-18-6-3-11-24-19-16-5-2-1-4-14(16)7-8-17(18)19/h1-2,4-5,7-8,15,18H,3,6,9-13H2,(H,21,22)/t18-/m1/s1. The third kappa shape index (κ3) is 2.98. The molecule has 1 saturated heterocycles. The summed E-state index contributed by atoms with van der Waals surface area (Å²) in [6, 6.07) is 12.5. The molecule has 1 fully saturated rings. The third-order valence-electron chi connectivity index (χ3n) is 5.08. The van der Waals surface area contributed by atoms with Crippen molar-refractivity contribution in [2.45, 2.75) is 31.7 Å². The molecule has 2 aromatic rings. The molecule has 1 N–H and O–H groups in total. The van der Waals surface area contributed by atoms with Gasteiger partial charge in [0.15, 0.2) is 0 Å². The Bertz CT molecular complexity index is 737. The number of carbonyl (C=O) groups is 1. The largest absolute Gasteiger partial charge is 0.493 e. The van der Waals surface area contributed by atoms with E-state index in [4.69, 9.17) is 9.47 Å². The van der Waals surface area contributed by atoms with E-state index in [-0.39, 0.29) is 17.9 Å². The van der Waals surface area contributed by atoms with E-state index >= 15 is 0 Å². The van der Waals surface area contributed by atoms with Gasteiger partial charge in [0.1, 0.15) is 5.75 Å². The summed E-state index contributed by atoms with van der Waals surface area (Å²) in [5.41, 5.74) is 1.10. The van der Waals surface area contributed by atoms with Crippen molar-refractivity contribution in [2.24, 2.45) is 5.92 Å². The molecule has 0 aliphatic carbocycles. The number of hydrogen-bond donors (Lipinski definition) is 1. The molecule has 4 nitrogen and oxygen atoms in total. The van der Waals surface area contributed by atoms with E-state index in [2.05, 4.69) is 29.6 Å². The summed E-state index contributed by atoms with van der Waals surface area (Å²) < 4.78 is 11.4. The van der Waals surface area contributed by atoms with Gasteiger partial charge < -0.3 is 14.8 Å². The molecule has 4 heteroatoms. The predicted molar refractivity (Wildman–Crippen MR) is 93.1 cm³/mol. The Kier molecular flexibility index (Phi) is 4.39. The lowest BCUT2D eigenvalue weighted by molar-refractivity contribution is -0.128. The van der Waals surface area contributed by atoms with E-state index in [1.165, 1.54) is 5.39 Å². The van der Waals surface area contributed by atoms with Gasteiger partial charge in [-0.3, -0.25) is 4.79 Å². The van der Waals surface area contributed by atoms with E-state index in [0.717, 1.165) is 42.4 Å². The molecule has 24 heavy (non-hydrogen) atoms. The van der Waals surface area contributed by atoms with Gasteiger partial charge in [0.25, 0.3) is 0 Å². The normalized spacial score (nSPS) is 21.6. The van der Waals surface area contributed by atoms with Crippen LogP contribution in [0.4, 0.5) is 0 Å². The lowest BCUT2D eigenvalue weighted by atomic mass is 9.95. The first-order valence-corrected chi connectivity index (χ1v) is 8.85. The second-order valence-corrected chi connectivity index (χ2v) is 6.64. The number of ether oxygens (including phenoxy) is 2. The highest BCUT2D eigenvalue weighted by molar-refractivity contribution is 5.90. The molecule has 0 spiro atoms. The van der Waals surface area contributed by atoms with Crippen LogP contribution < -0.4 is 10.1 Å². The first-order valence-electron chi connectivity index (χ1n) is 8.85. The van der Waals surface area contributed by atoms with Crippen LogP contribution in [0.15, 0.2) is 36.4 Å². The molecule has 2 aliphatic rings. The molecule has 2 aromatic carbocycles. The Morgan fingerprint density at radius 1 is 1.00 bits per heavy atom. The van der Waals surface area contributed by atoms with Crippen LogP contribution in [-0.4, -0.2) is 25.7 Å². The predicted octanol–water partition coefficient (Wildman–Crippen LogP) is 3.60. The van der Waals surface area contributed by atoms with Gasteiger partial charge in [-0.2, -0.15) is 0 Å². The average Bonchev–Trinajstić information content (AvgIpc) is 2.85. The van der Waals surface area contributed by atoms with Gasteiger partial charge in [0.05, 0.1) is 12.6 Å². The SMILES string of the molecule is O=C(N[C@@H]1CCCOc2c1ccc1ccccc21)C1CCOCC1. The van der Waals surface area contributed by atoms with Gasteiger partial charge in [0.2, 0.25) is 5.91 Å². The fraction of sp³-hybridized carbons (Fsp3) is 0.450. The number of benzene rings is 2. The van der Waals surface area contributed by atoms with Gasteiger partial charge >= 0.3 is 0 Å². The van der Waals surface area contributed by atoms with Crippen molar-refractivity contribution in [3.05, 3.63) is 42.0 Å². The van der Waals surface area contributed by atoms with E-state index in [0.29, 0.717) is 19.8 Å².